The van der Waals surface area contributed by atoms with Crippen molar-refractivity contribution < 1.29 is 0 Å². The van der Waals surface area contributed by atoms with Crippen molar-refractivity contribution in [3.8, 4) is 12.3 Å². The zero-order valence-corrected chi connectivity index (χ0v) is 9.24. The smallest absolute Gasteiger partial charge is 0.0404 e. The maximum Gasteiger partial charge on any atom is 0.0404 e. The molecule has 0 saturated carbocycles. The lowest BCUT2D eigenvalue weighted by molar-refractivity contribution is 0.493. The van der Waals surface area contributed by atoms with E-state index in [1.54, 1.807) is 0 Å². The largest absolute Gasteiger partial charge is 0.317 e. The van der Waals surface area contributed by atoms with Crippen molar-refractivity contribution in [3.05, 3.63) is 30.1 Å². The van der Waals surface area contributed by atoms with Gasteiger partial charge in [0.1, 0.15) is 0 Å². The van der Waals surface area contributed by atoms with E-state index in [0.717, 1.165) is 31.4 Å². The maximum absolute atomic E-state index is 5.25. The van der Waals surface area contributed by atoms with Crippen LogP contribution in [-0.2, 0) is 6.42 Å². The first-order chi connectivity index (χ1) is 7.36. The molecule has 1 aromatic heterocycles. The van der Waals surface area contributed by atoms with E-state index in [1.165, 1.54) is 0 Å². The summed E-state index contributed by atoms with van der Waals surface area (Å²) < 4.78 is 0. The highest BCUT2D eigenvalue weighted by molar-refractivity contribution is 5.03. The highest BCUT2D eigenvalue weighted by Crippen LogP contribution is 2.06. The molecule has 0 aliphatic heterocycles. The minimum absolute atomic E-state index is 0.503. The van der Waals surface area contributed by atoms with Crippen LogP contribution in [0.4, 0.5) is 0 Å². The van der Waals surface area contributed by atoms with Crippen LogP contribution in [-0.4, -0.2) is 18.1 Å². The van der Waals surface area contributed by atoms with Gasteiger partial charge in [0.15, 0.2) is 0 Å². The van der Waals surface area contributed by atoms with Gasteiger partial charge in [-0.25, -0.2) is 0 Å². The summed E-state index contributed by atoms with van der Waals surface area (Å²) in [6.07, 6.45) is 11.1. The van der Waals surface area contributed by atoms with E-state index in [0.29, 0.717) is 6.04 Å². The van der Waals surface area contributed by atoms with E-state index in [1.807, 2.05) is 25.4 Å². The standard InChI is InChI=1S/C13H18N2/c1-3-4-7-12(14-2)9-10-13-8-5-6-11-15-13/h1,5-6,8,11-12,14H,4,7,9-10H2,2H3. The average Bonchev–Trinajstić information content (AvgIpc) is 2.31. The Bertz CT molecular complexity index is 300. The Morgan fingerprint density at radius 2 is 2.33 bits per heavy atom. The zero-order chi connectivity index (χ0) is 10.9. The molecule has 0 bridgehead atoms. The second-order valence-electron chi connectivity index (χ2n) is 3.59. The maximum atomic E-state index is 5.25. The molecule has 15 heavy (non-hydrogen) atoms. The van der Waals surface area contributed by atoms with Crippen molar-refractivity contribution in [2.24, 2.45) is 0 Å². The van der Waals surface area contributed by atoms with Gasteiger partial charge >= 0.3 is 0 Å². The van der Waals surface area contributed by atoms with Gasteiger partial charge in [-0.05, 0) is 38.4 Å². The van der Waals surface area contributed by atoms with Crippen molar-refractivity contribution in [2.45, 2.75) is 31.7 Å². The van der Waals surface area contributed by atoms with Crippen LogP contribution in [0.15, 0.2) is 24.4 Å². The number of hydrogen-bond donors (Lipinski definition) is 1. The van der Waals surface area contributed by atoms with E-state index < -0.39 is 0 Å². The first kappa shape index (κ1) is 11.7. The molecule has 0 aromatic carbocycles. The highest BCUT2D eigenvalue weighted by atomic mass is 14.9. The third-order valence-electron chi connectivity index (χ3n) is 2.52. The third kappa shape index (κ3) is 4.62. The molecule has 2 heteroatoms. The third-order valence-corrected chi connectivity index (χ3v) is 2.52. The molecule has 0 amide bonds. The molecule has 0 saturated heterocycles. The van der Waals surface area contributed by atoms with Crippen LogP contribution in [0.3, 0.4) is 0 Å². The molecule has 1 heterocycles. The predicted molar refractivity (Wildman–Crippen MR) is 63.5 cm³/mol. The molecule has 0 aliphatic carbocycles. The number of aryl methyl sites for hydroxylation is 1. The molecule has 0 spiro atoms. The first-order valence-electron chi connectivity index (χ1n) is 5.37. The van der Waals surface area contributed by atoms with E-state index >= 15 is 0 Å². The molecular formula is C13H18N2. The summed E-state index contributed by atoms with van der Waals surface area (Å²) in [6.45, 7) is 0. The highest BCUT2D eigenvalue weighted by Gasteiger charge is 2.05. The summed E-state index contributed by atoms with van der Waals surface area (Å²) in [7, 11) is 1.99. The van der Waals surface area contributed by atoms with Crippen LogP contribution in [0.2, 0.25) is 0 Å². The predicted octanol–water partition coefficient (Wildman–Crippen LogP) is 2.02. The SMILES string of the molecule is C#CCCC(CCc1ccccn1)NC. The van der Waals surface area contributed by atoms with Crippen molar-refractivity contribution in [1.82, 2.24) is 10.3 Å². The Labute approximate surface area is 92.1 Å². The van der Waals surface area contributed by atoms with Gasteiger partial charge < -0.3 is 5.32 Å². The van der Waals surface area contributed by atoms with E-state index in [4.69, 9.17) is 6.42 Å². The fourth-order valence-electron chi connectivity index (χ4n) is 1.56. The average molecular weight is 202 g/mol. The van der Waals surface area contributed by atoms with Gasteiger partial charge in [0.2, 0.25) is 0 Å². The molecule has 1 rings (SSSR count). The van der Waals surface area contributed by atoms with Crippen molar-refractivity contribution >= 4 is 0 Å². The molecule has 1 unspecified atom stereocenters. The Morgan fingerprint density at radius 1 is 1.47 bits per heavy atom. The quantitative estimate of drug-likeness (QED) is 0.714. The van der Waals surface area contributed by atoms with Crippen LogP contribution in [0, 0.1) is 12.3 Å². The van der Waals surface area contributed by atoms with Crippen molar-refractivity contribution in [1.29, 1.82) is 0 Å². The van der Waals surface area contributed by atoms with Crippen LogP contribution in [0.5, 0.6) is 0 Å². The molecule has 1 N–H and O–H groups in total. The van der Waals surface area contributed by atoms with E-state index in [9.17, 15) is 0 Å². The Morgan fingerprint density at radius 3 is 2.93 bits per heavy atom. The zero-order valence-electron chi connectivity index (χ0n) is 9.24. The minimum atomic E-state index is 0.503. The van der Waals surface area contributed by atoms with Gasteiger partial charge in [-0.1, -0.05) is 6.07 Å². The van der Waals surface area contributed by atoms with Crippen LogP contribution >= 0.6 is 0 Å². The second kappa shape index (κ2) is 7.03. The number of rotatable bonds is 6. The van der Waals surface area contributed by atoms with Gasteiger partial charge in [0, 0.05) is 24.4 Å². The lowest BCUT2D eigenvalue weighted by Gasteiger charge is -2.14. The second-order valence-corrected chi connectivity index (χ2v) is 3.59. The van der Waals surface area contributed by atoms with Gasteiger partial charge in [-0.2, -0.15) is 0 Å². The van der Waals surface area contributed by atoms with Gasteiger partial charge in [0.25, 0.3) is 0 Å². The number of nitrogens with zero attached hydrogens (tertiary/aromatic N) is 1. The lowest BCUT2D eigenvalue weighted by Crippen LogP contribution is -2.25. The number of terminal acetylenes is 1. The van der Waals surface area contributed by atoms with E-state index in [2.05, 4.69) is 22.3 Å². The fourth-order valence-corrected chi connectivity index (χ4v) is 1.56. The summed E-state index contributed by atoms with van der Waals surface area (Å²) in [5.74, 6) is 2.68. The van der Waals surface area contributed by atoms with E-state index in [-0.39, 0.29) is 0 Å². The summed E-state index contributed by atoms with van der Waals surface area (Å²) in [6, 6.07) is 6.53. The summed E-state index contributed by atoms with van der Waals surface area (Å²) in [5, 5.41) is 3.28. The number of hydrogen-bond acceptors (Lipinski definition) is 2. The molecule has 1 aromatic rings. The lowest BCUT2D eigenvalue weighted by atomic mass is 10.0. The van der Waals surface area contributed by atoms with Crippen molar-refractivity contribution in [2.75, 3.05) is 7.05 Å². The Hall–Kier alpha value is -1.33. The van der Waals surface area contributed by atoms with Crippen LogP contribution in [0.1, 0.15) is 25.0 Å². The van der Waals surface area contributed by atoms with Gasteiger partial charge in [-0.15, -0.1) is 12.3 Å². The van der Waals surface area contributed by atoms with Crippen LogP contribution in [0.25, 0.3) is 0 Å². The summed E-state index contributed by atoms with van der Waals surface area (Å²) in [4.78, 5) is 4.30. The molecule has 0 aliphatic rings. The fraction of sp³-hybridized carbons (Fsp3) is 0.462. The Balaban J connectivity index is 2.31. The summed E-state index contributed by atoms with van der Waals surface area (Å²) >= 11 is 0. The monoisotopic (exact) mass is 202 g/mol. The molecule has 0 radical (unpaired) electrons. The summed E-state index contributed by atoms with van der Waals surface area (Å²) in [5.41, 5.74) is 1.15. The molecule has 1 atom stereocenters. The molecule has 2 nitrogen and oxygen atoms in total. The molecule has 80 valence electrons. The molecule has 0 fully saturated rings. The number of aromatic nitrogens is 1. The topological polar surface area (TPSA) is 24.9 Å². The molecular weight excluding hydrogens is 184 g/mol. The van der Waals surface area contributed by atoms with Gasteiger partial charge in [0.05, 0.1) is 0 Å². The number of pyridine rings is 1. The first-order valence-corrected chi connectivity index (χ1v) is 5.37. The van der Waals surface area contributed by atoms with Crippen molar-refractivity contribution in [3.63, 3.8) is 0 Å². The minimum Gasteiger partial charge on any atom is -0.317 e. The number of nitrogens with one attached hydrogen (secondary N) is 1. The van der Waals surface area contributed by atoms with Gasteiger partial charge in [-0.3, -0.25) is 4.98 Å². The van der Waals surface area contributed by atoms with Crippen LogP contribution < -0.4 is 5.32 Å². The normalized spacial score (nSPS) is 12.0. The Kier molecular flexibility index (Phi) is 5.50.